The number of hydrogen-bond donors (Lipinski definition) is 2. The number of unbranched alkanes of at least 4 members (excludes halogenated alkanes) is 18. The molecular weight excluding hydrogens is 562 g/mol. The number of allylic oxidation sites excluding steroid dienone is 5. The van der Waals surface area contributed by atoms with Gasteiger partial charge < -0.3 is 15.2 Å². The average Bonchev–Trinajstić information content (AvgIpc) is 3.02. The smallest absolute Gasteiger partial charge is 0.322 e. The molecule has 0 saturated carbocycles. The van der Waals surface area contributed by atoms with Gasteiger partial charge in [0, 0.05) is 12.8 Å². The van der Waals surface area contributed by atoms with Crippen LogP contribution < -0.4 is 5.32 Å². The molecule has 0 heterocycles. The summed E-state index contributed by atoms with van der Waals surface area (Å²) in [5.74, 6) is -1.30. The van der Waals surface area contributed by atoms with Gasteiger partial charge in [-0.25, -0.2) is 0 Å². The molecule has 0 aromatic carbocycles. The molecule has 0 aliphatic heterocycles. The van der Waals surface area contributed by atoms with Crippen molar-refractivity contribution in [2.75, 3.05) is 6.54 Å². The Morgan fingerprint density at radius 3 is 1.60 bits per heavy atom. The molecule has 0 bridgehead atoms. The molecule has 1 unspecified atom stereocenters. The van der Waals surface area contributed by atoms with E-state index in [1.165, 1.54) is 77.0 Å². The summed E-state index contributed by atoms with van der Waals surface area (Å²) in [4.78, 5) is 34.7. The molecule has 2 N–H and O–H groups in total. The van der Waals surface area contributed by atoms with E-state index in [0.717, 1.165) is 77.0 Å². The van der Waals surface area contributed by atoms with Crippen LogP contribution in [0.1, 0.15) is 181 Å². The van der Waals surface area contributed by atoms with Crippen molar-refractivity contribution in [3.63, 3.8) is 0 Å². The standard InChI is InChI=1S/C39H69NO5/c1-3-5-7-9-11-13-14-15-16-17-18-20-26-30-34-39(44)45-36(31-27-23-19-12-10-8-6-4-2)32-28-24-21-22-25-29-33-37(41)40-35-38(42)43/h6,8,12,19,27,31,36H,3-5,7,9-11,13-18,20-26,28-30,32-35H2,1-2H3,(H,40,41)(H,42,43)/b8-6-,19-12-,31-27-. The van der Waals surface area contributed by atoms with Crippen molar-refractivity contribution < 1.29 is 24.2 Å². The molecule has 0 aliphatic carbocycles. The fourth-order valence-electron chi connectivity index (χ4n) is 5.33. The van der Waals surface area contributed by atoms with Crippen LogP contribution in [-0.4, -0.2) is 35.6 Å². The number of ether oxygens (including phenoxy) is 1. The second kappa shape index (κ2) is 34.5. The normalized spacial score (nSPS) is 12.4. The van der Waals surface area contributed by atoms with Gasteiger partial charge in [-0.1, -0.05) is 153 Å². The minimum atomic E-state index is -1.02. The highest BCUT2D eigenvalue weighted by atomic mass is 16.5. The van der Waals surface area contributed by atoms with Crippen molar-refractivity contribution in [2.45, 2.75) is 187 Å². The third-order valence-corrected chi connectivity index (χ3v) is 8.06. The fourth-order valence-corrected chi connectivity index (χ4v) is 5.33. The van der Waals surface area contributed by atoms with Crippen molar-refractivity contribution in [1.29, 1.82) is 0 Å². The van der Waals surface area contributed by atoms with Crippen molar-refractivity contribution in [1.82, 2.24) is 5.32 Å². The average molecular weight is 632 g/mol. The molecule has 0 rings (SSSR count). The number of carboxylic acids is 1. The van der Waals surface area contributed by atoms with E-state index in [9.17, 15) is 14.4 Å². The van der Waals surface area contributed by atoms with Gasteiger partial charge in [0.15, 0.2) is 0 Å². The van der Waals surface area contributed by atoms with Crippen LogP contribution in [0, 0.1) is 0 Å². The summed E-state index contributed by atoms with van der Waals surface area (Å²) < 4.78 is 5.89. The highest BCUT2D eigenvalue weighted by Gasteiger charge is 2.11. The lowest BCUT2D eigenvalue weighted by Gasteiger charge is -2.14. The van der Waals surface area contributed by atoms with Crippen LogP contribution in [0.2, 0.25) is 0 Å². The predicted molar refractivity (Wildman–Crippen MR) is 189 cm³/mol. The molecule has 1 atom stereocenters. The largest absolute Gasteiger partial charge is 0.480 e. The zero-order valence-corrected chi connectivity index (χ0v) is 29.2. The summed E-state index contributed by atoms with van der Waals surface area (Å²) in [6, 6.07) is 0. The summed E-state index contributed by atoms with van der Waals surface area (Å²) >= 11 is 0. The molecule has 6 heteroatoms. The molecule has 260 valence electrons. The zero-order chi connectivity index (χ0) is 33.1. The maximum Gasteiger partial charge on any atom is 0.322 e. The number of carboxylic acid groups (broad SMARTS) is 1. The van der Waals surface area contributed by atoms with Gasteiger partial charge in [-0.05, 0) is 51.0 Å². The minimum absolute atomic E-state index is 0.0787. The van der Waals surface area contributed by atoms with E-state index in [1.54, 1.807) is 0 Å². The number of esters is 1. The molecule has 0 aromatic rings. The lowest BCUT2D eigenvalue weighted by atomic mass is 10.0. The van der Waals surface area contributed by atoms with E-state index in [0.29, 0.717) is 12.8 Å². The Morgan fingerprint density at radius 2 is 1.07 bits per heavy atom. The van der Waals surface area contributed by atoms with E-state index in [2.05, 4.69) is 55.6 Å². The highest BCUT2D eigenvalue weighted by Crippen LogP contribution is 2.16. The van der Waals surface area contributed by atoms with Crippen LogP contribution in [0.15, 0.2) is 36.5 Å². The van der Waals surface area contributed by atoms with E-state index in [-0.39, 0.29) is 24.5 Å². The fraction of sp³-hybridized carbons (Fsp3) is 0.769. The molecule has 0 aliphatic rings. The molecule has 0 fully saturated rings. The molecule has 45 heavy (non-hydrogen) atoms. The van der Waals surface area contributed by atoms with Crippen molar-refractivity contribution in [3.8, 4) is 0 Å². The Morgan fingerprint density at radius 1 is 0.600 bits per heavy atom. The van der Waals surface area contributed by atoms with Gasteiger partial charge in [0.25, 0.3) is 0 Å². The van der Waals surface area contributed by atoms with Crippen molar-refractivity contribution in [3.05, 3.63) is 36.5 Å². The van der Waals surface area contributed by atoms with Crippen LogP contribution in [0.25, 0.3) is 0 Å². The summed E-state index contributed by atoms with van der Waals surface area (Å²) in [7, 11) is 0. The summed E-state index contributed by atoms with van der Waals surface area (Å²) in [5.41, 5.74) is 0. The Bertz CT molecular complexity index is 788. The van der Waals surface area contributed by atoms with Gasteiger partial charge in [0.05, 0.1) is 0 Å². The maximum absolute atomic E-state index is 12.6. The minimum Gasteiger partial charge on any atom is -0.480 e. The number of aliphatic carboxylic acids is 1. The Hall–Kier alpha value is -2.37. The molecular formula is C39H69NO5. The van der Waals surface area contributed by atoms with Crippen LogP contribution in [0.5, 0.6) is 0 Å². The van der Waals surface area contributed by atoms with Crippen LogP contribution in [0.4, 0.5) is 0 Å². The number of hydrogen-bond acceptors (Lipinski definition) is 4. The van der Waals surface area contributed by atoms with Crippen LogP contribution >= 0.6 is 0 Å². The molecule has 0 spiro atoms. The second-order valence-corrected chi connectivity index (χ2v) is 12.5. The van der Waals surface area contributed by atoms with Gasteiger partial charge in [0.2, 0.25) is 5.91 Å². The molecule has 1 amide bonds. The van der Waals surface area contributed by atoms with Crippen LogP contribution in [0.3, 0.4) is 0 Å². The first-order valence-corrected chi connectivity index (χ1v) is 18.6. The number of carbonyl (C=O) groups excluding carboxylic acids is 2. The van der Waals surface area contributed by atoms with Crippen LogP contribution in [-0.2, 0) is 19.1 Å². The topological polar surface area (TPSA) is 92.7 Å². The number of amides is 1. The Kier molecular flexibility index (Phi) is 32.7. The molecule has 0 aromatic heterocycles. The first kappa shape index (κ1) is 42.6. The second-order valence-electron chi connectivity index (χ2n) is 12.5. The third-order valence-electron chi connectivity index (χ3n) is 8.06. The number of rotatable bonds is 33. The quantitative estimate of drug-likeness (QED) is 0.0427. The van der Waals surface area contributed by atoms with Gasteiger partial charge in [-0.3, -0.25) is 14.4 Å². The summed E-state index contributed by atoms with van der Waals surface area (Å²) in [6.07, 6.45) is 41.4. The summed E-state index contributed by atoms with van der Waals surface area (Å²) in [6.45, 7) is 4.09. The van der Waals surface area contributed by atoms with E-state index in [4.69, 9.17) is 9.84 Å². The SMILES string of the molecule is CC/C=C\C/C=C\C/C=C\C(CCCCCCCCC(=O)NCC(=O)O)OC(=O)CCCCCCCCCCCCCCCC. The monoisotopic (exact) mass is 632 g/mol. The highest BCUT2D eigenvalue weighted by molar-refractivity contribution is 5.80. The van der Waals surface area contributed by atoms with E-state index in [1.807, 2.05) is 0 Å². The first-order valence-electron chi connectivity index (χ1n) is 18.6. The van der Waals surface area contributed by atoms with E-state index < -0.39 is 5.97 Å². The van der Waals surface area contributed by atoms with Gasteiger partial charge in [-0.2, -0.15) is 0 Å². The third kappa shape index (κ3) is 34.3. The number of nitrogens with one attached hydrogen (secondary N) is 1. The van der Waals surface area contributed by atoms with Crippen molar-refractivity contribution in [2.24, 2.45) is 0 Å². The number of carbonyl (C=O) groups is 3. The first-order chi connectivity index (χ1) is 22.0. The van der Waals surface area contributed by atoms with Gasteiger partial charge in [0.1, 0.15) is 12.6 Å². The maximum atomic E-state index is 12.6. The Balaban J connectivity index is 4.17. The lowest BCUT2D eigenvalue weighted by molar-refractivity contribution is -0.147. The molecule has 6 nitrogen and oxygen atoms in total. The van der Waals surface area contributed by atoms with Gasteiger partial charge in [-0.15, -0.1) is 0 Å². The zero-order valence-electron chi connectivity index (χ0n) is 29.2. The van der Waals surface area contributed by atoms with Crippen molar-refractivity contribution >= 4 is 17.8 Å². The van der Waals surface area contributed by atoms with E-state index >= 15 is 0 Å². The molecule has 0 saturated heterocycles. The Labute approximate surface area is 276 Å². The molecule has 0 radical (unpaired) electrons. The lowest BCUT2D eigenvalue weighted by Crippen LogP contribution is -2.28. The summed E-state index contributed by atoms with van der Waals surface area (Å²) in [5, 5.41) is 11.0. The predicted octanol–water partition coefficient (Wildman–Crippen LogP) is 10.9. The van der Waals surface area contributed by atoms with Gasteiger partial charge >= 0.3 is 11.9 Å².